The van der Waals surface area contributed by atoms with Gasteiger partial charge < -0.3 is 10.3 Å². The molecule has 4 nitrogen and oxygen atoms in total. The van der Waals surface area contributed by atoms with Gasteiger partial charge in [0, 0.05) is 6.54 Å². The van der Waals surface area contributed by atoms with Crippen molar-refractivity contribution in [1.29, 1.82) is 0 Å². The van der Waals surface area contributed by atoms with Crippen LogP contribution in [-0.2, 0) is 6.54 Å². The van der Waals surface area contributed by atoms with Crippen LogP contribution in [0, 0.1) is 12.3 Å². The van der Waals surface area contributed by atoms with Crippen molar-refractivity contribution in [1.82, 2.24) is 14.8 Å². The third-order valence-corrected chi connectivity index (χ3v) is 2.62. The Morgan fingerprint density at radius 2 is 1.93 bits per heavy atom. The first-order valence-corrected chi connectivity index (χ1v) is 5.53. The van der Waals surface area contributed by atoms with E-state index in [0.717, 1.165) is 24.6 Å². The Labute approximate surface area is 91.9 Å². The molecule has 0 bridgehead atoms. The van der Waals surface area contributed by atoms with Crippen molar-refractivity contribution in [3.05, 3.63) is 11.6 Å². The van der Waals surface area contributed by atoms with Gasteiger partial charge in [0.05, 0.1) is 6.04 Å². The zero-order valence-corrected chi connectivity index (χ0v) is 10.4. The van der Waals surface area contributed by atoms with Gasteiger partial charge in [-0.2, -0.15) is 0 Å². The lowest BCUT2D eigenvalue weighted by atomic mass is 9.87. The van der Waals surface area contributed by atoms with Gasteiger partial charge in [0.15, 0.2) is 5.82 Å². The van der Waals surface area contributed by atoms with Gasteiger partial charge >= 0.3 is 0 Å². The van der Waals surface area contributed by atoms with E-state index in [1.54, 1.807) is 0 Å². The minimum Gasteiger partial charge on any atom is -0.321 e. The minimum absolute atomic E-state index is 0.0188. The molecule has 2 N–H and O–H groups in total. The maximum Gasteiger partial charge on any atom is 0.150 e. The van der Waals surface area contributed by atoms with Crippen molar-refractivity contribution in [2.75, 3.05) is 0 Å². The van der Waals surface area contributed by atoms with Gasteiger partial charge in [-0.15, -0.1) is 10.2 Å². The van der Waals surface area contributed by atoms with Crippen LogP contribution in [0.4, 0.5) is 0 Å². The van der Waals surface area contributed by atoms with Crippen molar-refractivity contribution >= 4 is 0 Å². The lowest BCUT2D eigenvalue weighted by Crippen LogP contribution is -2.29. The van der Waals surface area contributed by atoms with E-state index >= 15 is 0 Å². The molecule has 0 aliphatic carbocycles. The summed E-state index contributed by atoms with van der Waals surface area (Å²) < 4.78 is 2.12. The molecular formula is C11H22N4. The third-order valence-electron chi connectivity index (χ3n) is 2.62. The van der Waals surface area contributed by atoms with E-state index in [2.05, 4.69) is 42.5 Å². The fourth-order valence-corrected chi connectivity index (χ4v) is 1.51. The molecule has 0 aromatic carbocycles. The van der Waals surface area contributed by atoms with Gasteiger partial charge in [0.1, 0.15) is 5.82 Å². The minimum atomic E-state index is -0.0646. The summed E-state index contributed by atoms with van der Waals surface area (Å²) in [4.78, 5) is 0. The van der Waals surface area contributed by atoms with Crippen molar-refractivity contribution in [2.45, 2.75) is 53.6 Å². The molecule has 0 amide bonds. The number of hydrogen-bond acceptors (Lipinski definition) is 3. The molecule has 1 heterocycles. The summed E-state index contributed by atoms with van der Waals surface area (Å²) in [6, 6.07) is -0.0646. The molecule has 1 rings (SSSR count). The van der Waals surface area contributed by atoms with E-state index in [0.29, 0.717) is 0 Å². The number of nitrogens with two attached hydrogens (primary N) is 1. The first-order valence-electron chi connectivity index (χ1n) is 5.53. The summed E-state index contributed by atoms with van der Waals surface area (Å²) in [6.45, 7) is 11.4. The van der Waals surface area contributed by atoms with E-state index in [1.807, 2.05) is 6.92 Å². The Bertz CT molecular complexity index is 322. The smallest absolute Gasteiger partial charge is 0.150 e. The number of aryl methyl sites for hydroxylation is 1. The quantitative estimate of drug-likeness (QED) is 0.830. The van der Waals surface area contributed by atoms with E-state index in [9.17, 15) is 0 Å². The summed E-state index contributed by atoms with van der Waals surface area (Å²) in [5.74, 6) is 1.86. The highest BCUT2D eigenvalue weighted by Crippen LogP contribution is 2.29. The predicted molar refractivity (Wildman–Crippen MR) is 61.4 cm³/mol. The van der Waals surface area contributed by atoms with E-state index in [4.69, 9.17) is 5.73 Å². The van der Waals surface area contributed by atoms with Crippen LogP contribution in [0.5, 0.6) is 0 Å². The summed E-state index contributed by atoms with van der Waals surface area (Å²) in [7, 11) is 0. The van der Waals surface area contributed by atoms with Crippen LogP contribution in [0.15, 0.2) is 0 Å². The second-order valence-electron chi connectivity index (χ2n) is 5.10. The second kappa shape index (κ2) is 4.31. The van der Waals surface area contributed by atoms with Gasteiger partial charge in [-0.25, -0.2) is 0 Å². The van der Waals surface area contributed by atoms with Crippen LogP contribution >= 0.6 is 0 Å². The Balaban J connectivity index is 3.03. The summed E-state index contributed by atoms with van der Waals surface area (Å²) >= 11 is 0. The monoisotopic (exact) mass is 210 g/mol. The molecule has 0 spiro atoms. The molecule has 1 atom stereocenters. The van der Waals surface area contributed by atoms with Crippen LogP contribution in [0.3, 0.4) is 0 Å². The highest BCUT2D eigenvalue weighted by molar-refractivity contribution is 5.03. The first kappa shape index (κ1) is 12.2. The Morgan fingerprint density at radius 3 is 2.40 bits per heavy atom. The van der Waals surface area contributed by atoms with Crippen LogP contribution in [0.25, 0.3) is 0 Å². The second-order valence-corrected chi connectivity index (χ2v) is 5.10. The maximum absolute atomic E-state index is 6.19. The first-order chi connectivity index (χ1) is 6.88. The molecule has 86 valence electrons. The highest BCUT2D eigenvalue weighted by atomic mass is 15.3. The third kappa shape index (κ3) is 2.56. The average Bonchev–Trinajstić information content (AvgIpc) is 2.46. The number of aromatic nitrogens is 3. The molecule has 1 aromatic rings. The maximum atomic E-state index is 6.19. The predicted octanol–water partition coefficient (Wildman–Crippen LogP) is 2.04. The molecule has 1 aromatic heterocycles. The Morgan fingerprint density at radius 1 is 1.33 bits per heavy atom. The van der Waals surface area contributed by atoms with Gasteiger partial charge in [-0.1, -0.05) is 27.7 Å². The summed E-state index contributed by atoms with van der Waals surface area (Å²) in [5.41, 5.74) is 6.21. The molecule has 0 aliphatic heterocycles. The SMILES string of the molecule is CCCn1c(C)nnc1C(N)C(C)(C)C. The summed E-state index contributed by atoms with van der Waals surface area (Å²) in [6.07, 6.45) is 1.07. The van der Waals surface area contributed by atoms with Crippen molar-refractivity contribution < 1.29 is 0 Å². The topological polar surface area (TPSA) is 56.7 Å². The van der Waals surface area contributed by atoms with Gasteiger partial charge in [0.2, 0.25) is 0 Å². The largest absolute Gasteiger partial charge is 0.321 e. The number of rotatable bonds is 3. The van der Waals surface area contributed by atoms with E-state index in [-0.39, 0.29) is 11.5 Å². The number of nitrogens with zero attached hydrogens (tertiary/aromatic N) is 3. The van der Waals surface area contributed by atoms with Gasteiger partial charge in [-0.3, -0.25) is 0 Å². The lowest BCUT2D eigenvalue weighted by Gasteiger charge is -2.26. The standard InChI is InChI=1S/C11H22N4/c1-6-7-15-8(2)13-14-10(15)9(12)11(3,4)5/h9H,6-7,12H2,1-5H3. The van der Waals surface area contributed by atoms with Crippen molar-refractivity contribution in [3.8, 4) is 0 Å². The molecule has 0 saturated carbocycles. The fraction of sp³-hybridized carbons (Fsp3) is 0.818. The zero-order valence-electron chi connectivity index (χ0n) is 10.4. The average molecular weight is 210 g/mol. The van der Waals surface area contributed by atoms with Crippen molar-refractivity contribution in [3.63, 3.8) is 0 Å². The molecule has 0 aliphatic rings. The van der Waals surface area contributed by atoms with Crippen LogP contribution in [0.1, 0.15) is 51.8 Å². The highest BCUT2D eigenvalue weighted by Gasteiger charge is 2.27. The van der Waals surface area contributed by atoms with E-state index < -0.39 is 0 Å². The molecule has 15 heavy (non-hydrogen) atoms. The zero-order chi connectivity index (χ0) is 11.6. The van der Waals surface area contributed by atoms with E-state index in [1.165, 1.54) is 0 Å². The Kier molecular flexibility index (Phi) is 3.50. The fourth-order valence-electron chi connectivity index (χ4n) is 1.51. The lowest BCUT2D eigenvalue weighted by molar-refractivity contribution is 0.306. The molecule has 0 radical (unpaired) electrons. The Hall–Kier alpha value is -0.900. The molecule has 1 unspecified atom stereocenters. The summed E-state index contributed by atoms with van der Waals surface area (Å²) in [5, 5.41) is 8.29. The molecule has 0 fully saturated rings. The van der Waals surface area contributed by atoms with Gasteiger partial charge in [0.25, 0.3) is 0 Å². The van der Waals surface area contributed by atoms with Crippen LogP contribution < -0.4 is 5.73 Å². The normalized spacial score (nSPS) is 14.3. The van der Waals surface area contributed by atoms with Crippen molar-refractivity contribution in [2.24, 2.45) is 11.1 Å². The molecule has 0 saturated heterocycles. The molecule has 4 heteroatoms. The van der Waals surface area contributed by atoms with Gasteiger partial charge in [-0.05, 0) is 18.8 Å². The molecular weight excluding hydrogens is 188 g/mol. The number of hydrogen-bond donors (Lipinski definition) is 1. The van der Waals surface area contributed by atoms with Crippen LogP contribution in [0.2, 0.25) is 0 Å². The van der Waals surface area contributed by atoms with Crippen LogP contribution in [-0.4, -0.2) is 14.8 Å².